The number of rotatable bonds is 4. The van der Waals surface area contributed by atoms with E-state index in [1.54, 1.807) is 12.1 Å². The molecule has 0 unspecified atom stereocenters. The van der Waals surface area contributed by atoms with Crippen molar-refractivity contribution >= 4 is 16.9 Å². The van der Waals surface area contributed by atoms with Gasteiger partial charge in [-0.3, -0.25) is 4.79 Å². The topological polar surface area (TPSA) is 81.2 Å². The number of nitrogens with one attached hydrogen (secondary N) is 1. The van der Waals surface area contributed by atoms with E-state index in [0.717, 1.165) is 35.4 Å². The van der Waals surface area contributed by atoms with Crippen LogP contribution in [0.4, 0.5) is 0 Å². The molecule has 0 spiro atoms. The summed E-state index contributed by atoms with van der Waals surface area (Å²) in [6, 6.07) is 6.95. The highest BCUT2D eigenvalue weighted by Crippen LogP contribution is 2.38. The second-order valence-electron chi connectivity index (χ2n) is 6.07. The average Bonchev–Trinajstić information content (AvgIpc) is 3.12. The van der Waals surface area contributed by atoms with Crippen molar-refractivity contribution in [2.75, 3.05) is 0 Å². The van der Waals surface area contributed by atoms with Crippen LogP contribution >= 0.6 is 0 Å². The van der Waals surface area contributed by atoms with Crippen LogP contribution in [-0.4, -0.2) is 16.0 Å². The van der Waals surface area contributed by atoms with Crippen LogP contribution in [0.15, 0.2) is 33.2 Å². The molecule has 1 saturated carbocycles. The third kappa shape index (κ3) is 2.72. The van der Waals surface area contributed by atoms with E-state index in [1.165, 1.54) is 0 Å². The largest absolute Gasteiger partial charge is 0.461 e. The van der Waals surface area contributed by atoms with Crippen LogP contribution in [-0.2, 0) is 0 Å². The number of amides is 1. The van der Waals surface area contributed by atoms with Gasteiger partial charge in [0.05, 0.1) is 0 Å². The highest BCUT2D eigenvalue weighted by atomic mass is 16.5. The van der Waals surface area contributed by atoms with Crippen molar-refractivity contribution in [1.82, 2.24) is 15.5 Å². The van der Waals surface area contributed by atoms with E-state index in [-0.39, 0.29) is 11.9 Å². The first-order valence-electron chi connectivity index (χ1n) is 7.75. The Morgan fingerprint density at radius 3 is 2.96 bits per heavy atom. The fourth-order valence-electron chi connectivity index (χ4n) is 2.59. The number of benzene rings is 1. The molecule has 1 aromatic carbocycles. The van der Waals surface area contributed by atoms with Gasteiger partial charge >= 0.3 is 0 Å². The van der Waals surface area contributed by atoms with Gasteiger partial charge in [-0.05, 0) is 51.0 Å². The number of furan rings is 1. The van der Waals surface area contributed by atoms with Gasteiger partial charge in [-0.25, -0.2) is 0 Å². The van der Waals surface area contributed by atoms with E-state index < -0.39 is 0 Å². The molecule has 0 aliphatic heterocycles. The molecular formula is C17H17N3O3. The lowest BCUT2D eigenvalue weighted by atomic mass is 10.1. The highest BCUT2D eigenvalue weighted by Gasteiger charge is 2.29. The maximum atomic E-state index is 12.4. The molecule has 118 valence electrons. The molecule has 6 nitrogen and oxygen atoms in total. The first-order chi connectivity index (χ1) is 11.1. The highest BCUT2D eigenvalue weighted by molar-refractivity contribution is 5.97. The SMILES string of the molecule is Cc1cc2cc(C(=O)N[C@@H](C)c3nc(C4CC4)no3)ccc2o1. The molecule has 2 heterocycles. The quantitative estimate of drug-likeness (QED) is 0.797. The number of carbonyl (C=O) groups excluding carboxylic acids is 1. The number of hydrogen-bond acceptors (Lipinski definition) is 5. The lowest BCUT2D eigenvalue weighted by Crippen LogP contribution is -2.26. The van der Waals surface area contributed by atoms with Crippen LogP contribution in [0.1, 0.15) is 59.6 Å². The van der Waals surface area contributed by atoms with E-state index in [2.05, 4.69) is 15.5 Å². The van der Waals surface area contributed by atoms with Crippen LogP contribution in [0.3, 0.4) is 0 Å². The summed E-state index contributed by atoms with van der Waals surface area (Å²) in [5, 5.41) is 7.78. The number of nitrogens with zero attached hydrogens (tertiary/aromatic N) is 2. The van der Waals surface area contributed by atoms with Crippen LogP contribution in [0.2, 0.25) is 0 Å². The maximum absolute atomic E-state index is 12.4. The van der Waals surface area contributed by atoms with Crippen LogP contribution < -0.4 is 5.32 Å². The first-order valence-corrected chi connectivity index (χ1v) is 7.75. The van der Waals surface area contributed by atoms with Crippen molar-refractivity contribution in [3.63, 3.8) is 0 Å². The predicted molar refractivity (Wildman–Crippen MR) is 83.1 cm³/mol. The summed E-state index contributed by atoms with van der Waals surface area (Å²) >= 11 is 0. The molecule has 1 N–H and O–H groups in total. The Bertz CT molecular complexity index is 876. The number of fused-ring (bicyclic) bond motifs is 1. The number of aryl methyl sites for hydroxylation is 1. The van der Waals surface area contributed by atoms with Gasteiger partial charge in [-0.2, -0.15) is 4.98 Å². The second kappa shape index (κ2) is 5.22. The van der Waals surface area contributed by atoms with Gasteiger partial charge in [0.15, 0.2) is 5.82 Å². The van der Waals surface area contributed by atoms with Gasteiger partial charge in [-0.1, -0.05) is 5.16 Å². The molecule has 1 aliphatic carbocycles. The molecule has 6 heteroatoms. The van der Waals surface area contributed by atoms with Crippen LogP contribution in [0.5, 0.6) is 0 Å². The van der Waals surface area contributed by atoms with Crippen LogP contribution in [0.25, 0.3) is 11.0 Å². The van der Waals surface area contributed by atoms with Crippen molar-refractivity contribution < 1.29 is 13.7 Å². The fraction of sp³-hybridized carbons (Fsp3) is 0.353. The first kappa shape index (κ1) is 14.0. The average molecular weight is 311 g/mol. The molecule has 1 fully saturated rings. The Hall–Kier alpha value is -2.63. The molecule has 0 bridgehead atoms. The Morgan fingerprint density at radius 2 is 2.17 bits per heavy atom. The molecule has 1 amide bonds. The summed E-state index contributed by atoms with van der Waals surface area (Å²) < 4.78 is 10.8. The molecule has 23 heavy (non-hydrogen) atoms. The fourth-order valence-corrected chi connectivity index (χ4v) is 2.59. The predicted octanol–water partition coefficient (Wildman–Crippen LogP) is 3.49. The Kier molecular flexibility index (Phi) is 3.18. The number of hydrogen-bond donors (Lipinski definition) is 1. The van der Waals surface area contributed by atoms with Gasteiger partial charge in [0, 0.05) is 16.9 Å². The minimum atomic E-state index is -0.329. The van der Waals surface area contributed by atoms with Crippen molar-refractivity contribution in [1.29, 1.82) is 0 Å². The Labute approximate surface area is 132 Å². The van der Waals surface area contributed by atoms with Crippen molar-refractivity contribution in [3.05, 3.63) is 47.3 Å². The zero-order valence-corrected chi connectivity index (χ0v) is 13.0. The summed E-state index contributed by atoms with van der Waals surface area (Å²) in [6.07, 6.45) is 2.23. The van der Waals surface area contributed by atoms with Gasteiger partial charge in [0.2, 0.25) is 5.89 Å². The molecule has 1 aliphatic rings. The molecular weight excluding hydrogens is 294 g/mol. The van der Waals surface area contributed by atoms with Gasteiger partial charge in [0.1, 0.15) is 17.4 Å². The third-order valence-corrected chi connectivity index (χ3v) is 4.02. The zero-order chi connectivity index (χ0) is 16.0. The lowest BCUT2D eigenvalue weighted by molar-refractivity contribution is 0.0932. The normalized spacial score (nSPS) is 15.7. The van der Waals surface area contributed by atoms with Gasteiger partial charge in [-0.15, -0.1) is 0 Å². The monoisotopic (exact) mass is 311 g/mol. The lowest BCUT2D eigenvalue weighted by Gasteiger charge is -2.09. The van der Waals surface area contributed by atoms with Crippen molar-refractivity contribution in [3.8, 4) is 0 Å². The van der Waals surface area contributed by atoms with E-state index in [4.69, 9.17) is 8.94 Å². The summed E-state index contributed by atoms with van der Waals surface area (Å²) in [6.45, 7) is 3.72. The smallest absolute Gasteiger partial charge is 0.251 e. The minimum Gasteiger partial charge on any atom is -0.461 e. The molecule has 0 radical (unpaired) electrons. The molecule has 1 atom stereocenters. The third-order valence-electron chi connectivity index (χ3n) is 4.02. The molecule has 2 aromatic heterocycles. The summed E-state index contributed by atoms with van der Waals surface area (Å²) in [4.78, 5) is 16.8. The summed E-state index contributed by atoms with van der Waals surface area (Å²) in [7, 11) is 0. The Morgan fingerprint density at radius 1 is 1.35 bits per heavy atom. The van der Waals surface area contributed by atoms with E-state index in [0.29, 0.717) is 17.4 Å². The van der Waals surface area contributed by atoms with E-state index >= 15 is 0 Å². The maximum Gasteiger partial charge on any atom is 0.251 e. The van der Waals surface area contributed by atoms with Crippen molar-refractivity contribution in [2.24, 2.45) is 0 Å². The molecule has 4 rings (SSSR count). The number of carbonyl (C=O) groups is 1. The molecule has 0 saturated heterocycles. The minimum absolute atomic E-state index is 0.176. The number of aromatic nitrogens is 2. The zero-order valence-electron chi connectivity index (χ0n) is 13.0. The summed E-state index contributed by atoms with van der Waals surface area (Å²) in [5.74, 6) is 2.27. The Balaban J connectivity index is 1.50. The van der Waals surface area contributed by atoms with Gasteiger partial charge in [0.25, 0.3) is 5.91 Å². The van der Waals surface area contributed by atoms with Crippen molar-refractivity contribution in [2.45, 2.75) is 38.6 Å². The summed E-state index contributed by atoms with van der Waals surface area (Å²) in [5.41, 5.74) is 1.35. The van der Waals surface area contributed by atoms with Gasteiger partial charge < -0.3 is 14.3 Å². The van der Waals surface area contributed by atoms with Crippen LogP contribution in [0, 0.1) is 6.92 Å². The second-order valence-corrected chi connectivity index (χ2v) is 6.07. The standard InChI is InChI=1S/C17H17N3O3/c1-9-7-13-8-12(5-6-14(13)22-9)16(21)18-10(2)17-19-15(20-23-17)11-3-4-11/h5-8,10-11H,3-4H2,1-2H3,(H,18,21)/t10-/m0/s1. The van der Waals surface area contributed by atoms with E-state index in [1.807, 2.05) is 26.0 Å². The molecule has 3 aromatic rings. The van der Waals surface area contributed by atoms with E-state index in [9.17, 15) is 4.79 Å².